The van der Waals surface area contributed by atoms with Crippen molar-refractivity contribution < 1.29 is 0 Å². The highest BCUT2D eigenvalue weighted by molar-refractivity contribution is 6.33. The van der Waals surface area contributed by atoms with Crippen LogP contribution in [0.1, 0.15) is 0 Å². The van der Waals surface area contributed by atoms with Gasteiger partial charge in [-0.2, -0.15) is 0 Å². The van der Waals surface area contributed by atoms with E-state index >= 15 is 0 Å². The van der Waals surface area contributed by atoms with E-state index in [2.05, 4.69) is 109 Å². The van der Waals surface area contributed by atoms with Crippen LogP contribution in [-0.4, -0.2) is 0 Å². The van der Waals surface area contributed by atoms with Crippen LogP contribution in [0.5, 0.6) is 0 Å². The van der Waals surface area contributed by atoms with Crippen molar-refractivity contribution >= 4 is 64.6 Å². The maximum atomic E-state index is 2.42. The molecule has 7 aromatic carbocycles. The van der Waals surface area contributed by atoms with Crippen LogP contribution in [0.25, 0.3) is 64.6 Å². The molecule has 0 nitrogen and oxygen atoms in total. The Morgan fingerprint density at radius 2 is 0.833 bits per heavy atom. The molecule has 0 bridgehead atoms. The van der Waals surface area contributed by atoms with Crippen LogP contribution in [0.15, 0.2) is 109 Å². The molecule has 0 heteroatoms. The third-order valence-corrected chi connectivity index (χ3v) is 6.59. The Kier molecular flexibility index (Phi) is 3.09. The molecule has 0 N–H and O–H groups in total. The van der Waals surface area contributed by atoms with Gasteiger partial charge < -0.3 is 0 Å². The lowest BCUT2D eigenvalue weighted by molar-refractivity contribution is 1.78. The molecule has 0 amide bonds. The summed E-state index contributed by atoms with van der Waals surface area (Å²) in [5.74, 6) is 0. The third kappa shape index (κ3) is 2.06. The van der Waals surface area contributed by atoms with Crippen molar-refractivity contribution in [3.05, 3.63) is 109 Å². The normalized spacial score (nSPS) is 12.0. The summed E-state index contributed by atoms with van der Waals surface area (Å²) >= 11 is 0. The van der Waals surface area contributed by atoms with E-state index in [4.69, 9.17) is 0 Å². The van der Waals surface area contributed by atoms with Crippen molar-refractivity contribution in [1.29, 1.82) is 0 Å². The molecule has 0 aliphatic heterocycles. The zero-order chi connectivity index (χ0) is 19.7. The SMILES string of the molecule is c1ccc2c(c1)ccc1cc3c4ccccc4c4ccc5ccccc5c4c3cc12. The van der Waals surface area contributed by atoms with Gasteiger partial charge in [-0.25, -0.2) is 0 Å². The van der Waals surface area contributed by atoms with Gasteiger partial charge in [0.05, 0.1) is 0 Å². The summed E-state index contributed by atoms with van der Waals surface area (Å²) in [6.45, 7) is 0. The van der Waals surface area contributed by atoms with E-state index in [1.54, 1.807) is 0 Å². The Bertz CT molecular complexity index is 1780. The summed E-state index contributed by atoms with van der Waals surface area (Å²) in [7, 11) is 0. The van der Waals surface area contributed by atoms with Crippen molar-refractivity contribution in [1.82, 2.24) is 0 Å². The molecule has 0 aromatic heterocycles. The molecule has 0 saturated heterocycles. The first-order valence-corrected chi connectivity index (χ1v) is 10.5. The smallest absolute Gasteiger partial charge is 0.00201 e. The van der Waals surface area contributed by atoms with E-state index in [1.165, 1.54) is 64.6 Å². The lowest BCUT2D eigenvalue weighted by Gasteiger charge is -2.14. The summed E-state index contributed by atoms with van der Waals surface area (Å²) in [6, 6.07) is 40.1. The Hall–Kier alpha value is -3.90. The van der Waals surface area contributed by atoms with Crippen LogP contribution < -0.4 is 0 Å². The van der Waals surface area contributed by atoms with Gasteiger partial charge in [0.2, 0.25) is 0 Å². The summed E-state index contributed by atoms with van der Waals surface area (Å²) in [4.78, 5) is 0. The Labute approximate surface area is 174 Å². The van der Waals surface area contributed by atoms with Gasteiger partial charge in [-0.1, -0.05) is 97.1 Å². The van der Waals surface area contributed by atoms with E-state index in [1.807, 2.05) is 0 Å². The molecule has 0 aliphatic carbocycles. The molecule has 0 spiro atoms. The first kappa shape index (κ1) is 16.0. The van der Waals surface area contributed by atoms with E-state index in [-0.39, 0.29) is 0 Å². The van der Waals surface area contributed by atoms with Gasteiger partial charge in [-0.05, 0) is 76.8 Å². The Balaban J connectivity index is 1.85. The second kappa shape index (κ2) is 5.81. The fourth-order valence-corrected chi connectivity index (χ4v) is 5.22. The van der Waals surface area contributed by atoms with Crippen molar-refractivity contribution in [2.75, 3.05) is 0 Å². The first-order chi connectivity index (χ1) is 14.9. The molecule has 138 valence electrons. The van der Waals surface area contributed by atoms with E-state index in [9.17, 15) is 0 Å². The number of fused-ring (bicyclic) bond motifs is 11. The van der Waals surface area contributed by atoms with Gasteiger partial charge in [0.15, 0.2) is 0 Å². The van der Waals surface area contributed by atoms with Crippen molar-refractivity contribution in [2.45, 2.75) is 0 Å². The quantitative estimate of drug-likeness (QED) is 0.183. The summed E-state index contributed by atoms with van der Waals surface area (Å²) in [6.07, 6.45) is 0. The highest BCUT2D eigenvalue weighted by Gasteiger charge is 2.13. The molecule has 0 fully saturated rings. The first-order valence-electron chi connectivity index (χ1n) is 10.5. The molecule has 7 aromatic rings. The van der Waals surface area contributed by atoms with Gasteiger partial charge in [0.1, 0.15) is 0 Å². The molecule has 30 heavy (non-hydrogen) atoms. The minimum atomic E-state index is 1.29. The highest BCUT2D eigenvalue weighted by atomic mass is 14.2. The van der Waals surface area contributed by atoms with Gasteiger partial charge in [0.25, 0.3) is 0 Å². The summed E-state index contributed by atoms with van der Waals surface area (Å²) in [5.41, 5.74) is 0. The highest BCUT2D eigenvalue weighted by Crippen LogP contribution is 2.41. The molecule has 7 rings (SSSR count). The van der Waals surface area contributed by atoms with Crippen LogP contribution in [0.4, 0.5) is 0 Å². The fourth-order valence-electron chi connectivity index (χ4n) is 5.22. The average Bonchev–Trinajstić information content (AvgIpc) is 2.82. The van der Waals surface area contributed by atoms with Gasteiger partial charge in [-0.3, -0.25) is 0 Å². The Morgan fingerprint density at radius 1 is 0.267 bits per heavy atom. The predicted molar refractivity (Wildman–Crippen MR) is 131 cm³/mol. The van der Waals surface area contributed by atoms with Crippen LogP contribution in [0.2, 0.25) is 0 Å². The predicted octanol–water partition coefficient (Wildman–Crippen LogP) is 8.61. The topological polar surface area (TPSA) is 0 Å². The molecular formula is C30H18. The minimum absolute atomic E-state index is 1.29. The largest absolute Gasteiger partial charge is 0.0616 e. The van der Waals surface area contributed by atoms with Crippen LogP contribution in [-0.2, 0) is 0 Å². The molecule has 0 saturated carbocycles. The van der Waals surface area contributed by atoms with Gasteiger partial charge in [0, 0.05) is 0 Å². The lowest BCUT2D eigenvalue weighted by Crippen LogP contribution is -1.86. The van der Waals surface area contributed by atoms with Gasteiger partial charge in [-0.15, -0.1) is 0 Å². The summed E-state index contributed by atoms with van der Waals surface area (Å²) < 4.78 is 0. The zero-order valence-electron chi connectivity index (χ0n) is 16.4. The monoisotopic (exact) mass is 378 g/mol. The molecule has 0 atom stereocenters. The minimum Gasteiger partial charge on any atom is -0.0616 e. The maximum Gasteiger partial charge on any atom is -0.00201 e. The third-order valence-electron chi connectivity index (χ3n) is 6.59. The van der Waals surface area contributed by atoms with Gasteiger partial charge >= 0.3 is 0 Å². The number of rotatable bonds is 0. The van der Waals surface area contributed by atoms with Crippen molar-refractivity contribution in [2.24, 2.45) is 0 Å². The number of hydrogen-bond donors (Lipinski definition) is 0. The van der Waals surface area contributed by atoms with Crippen LogP contribution in [0.3, 0.4) is 0 Å². The van der Waals surface area contributed by atoms with Crippen LogP contribution >= 0.6 is 0 Å². The van der Waals surface area contributed by atoms with Crippen molar-refractivity contribution in [3.63, 3.8) is 0 Å². The number of benzene rings is 7. The van der Waals surface area contributed by atoms with Crippen molar-refractivity contribution in [3.8, 4) is 0 Å². The number of hydrogen-bond acceptors (Lipinski definition) is 0. The molecule has 0 heterocycles. The fraction of sp³-hybridized carbons (Fsp3) is 0. The Morgan fingerprint density at radius 3 is 1.63 bits per heavy atom. The van der Waals surface area contributed by atoms with Crippen LogP contribution in [0, 0.1) is 0 Å². The average molecular weight is 378 g/mol. The second-order valence-corrected chi connectivity index (χ2v) is 8.16. The van der Waals surface area contributed by atoms with E-state index < -0.39 is 0 Å². The standard InChI is InChI=1S/C30H18/c1-3-9-22-19(7-1)13-14-21-17-28-25-12-6-5-11-24(25)26-16-15-20-8-2-4-10-23(20)30(26)29(28)18-27(21)22/h1-18H. The lowest BCUT2D eigenvalue weighted by atomic mass is 9.89. The molecule has 0 aliphatic rings. The molecule has 0 radical (unpaired) electrons. The summed E-state index contributed by atoms with van der Waals surface area (Å²) in [5, 5.41) is 15.9. The molecule has 0 unspecified atom stereocenters. The van der Waals surface area contributed by atoms with E-state index in [0.29, 0.717) is 0 Å². The molecular weight excluding hydrogens is 360 g/mol. The second-order valence-electron chi connectivity index (χ2n) is 8.16. The zero-order valence-corrected chi connectivity index (χ0v) is 16.4. The maximum absolute atomic E-state index is 2.42. The van der Waals surface area contributed by atoms with E-state index in [0.717, 1.165) is 0 Å².